The smallest absolute Gasteiger partial charge is 0.345 e. The summed E-state index contributed by atoms with van der Waals surface area (Å²) in [6.45, 7) is -0.492. The van der Waals surface area contributed by atoms with Crippen LogP contribution in [0.3, 0.4) is 0 Å². The lowest BCUT2D eigenvalue weighted by Crippen LogP contribution is -2.25. The average molecular weight is 444 g/mol. The molecule has 3 N–H and O–H groups in total. The summed E-state index contributed by atoms with van der Waals surface area (Å²) in [5.41, 5.74) is 9.49. The first-order valence-corrected chi connectivity index (χ1v) is 9.78. The minimum absolute atomic E-state index is 0.0474. The van der Waals surface area contributed by atoms with E-state index in [0.29, 0.717) is 29.5 Å². The van der Waals surface area contributed by atoms with Crippen LogP contribution in [0, 0.1) is 6.92 Å². The normalized spacial score (nSPS) is 12.7. The van der Waals surface area contributed by atoms with Gasteiger partial charge in [-0.05, 0) is 48.1 Å². The third-order valence-electron chi connectivity index (χ3n) is 4.57. The number of hydrogen-bond acceptors (Lipinski definition) is 5. The molecule has 0 saturated carbocycles. The molecule has 0 spiro atoms. The van der Waals surface area contributed by atoms with Crippen molar-refractivity contribution >= 4 is 34.5 Å². The maximum atomic E-state index is 12.1. The zero-order valence-electron chi connectivity index (χ0n) is 15.7. The van der Waals surface area contributed by atoms with Crippen molar-refractivity contribution in [2.24, 2.45) is 5.73 Å². The summed E-state index contributed by atoms with van der Waals surface area (Å²) in [7, 11) is 0. The van der Waals surface area contributed by atoms with E-state index in [4.69, 9.17) is 28.9 Å². The van der Waals surface area contributed by atoms with Gasteiger partial charge in [-0.3, -0.25) is 0 Å². The van der Waals surface area contributed by atoms with Crippen LogP contribution in [0.1, 0.15) is 23.1 Å². The highest BCUT2D eigenvalue weighted by Gasteiger charge is 2.21. The van der Waals surface area contributed by atoms with Crippen LogP contribution in [-0.4, -0.2) is 33.9 Å². The number of aryl methyl sites for hydroxylation is 1. The molecule has 0 aliphatic rings. The summed E-state index contributed by atoms with van der Waals surface area (Å²) in [6.07, 6.45) is 0.661. The van der Waals surface area contributed by atoms with Gasteiger partial charge in [0, 0.05) is 12.6 Å². The fraction of sp³-hybridized carbons (Fsp3) is 0.368. The van der Waals surface area contributed by atoms with E-state index in [1.807, 2.05) is 37.3 Å². The van der Waals surface area contributed by atoms with Crippen molar-refractivity contribution in [3.8, 4) is 0 Å². The number of nitrogens with one attached hydrogen (secondary N) is 1. The van der Waals surface area contributed by atoms with Gasteiger partial charge in [0.2, 0.25) is 5.28 Å². The molecule has 0 saturated heterocycles. The van der Waals surface area contributed by atoms with Crippen LogP contribution in [0.25, 0.3) is 5.52 Å². The molecule has 156 valence electrons. The van der Waals surface area contributed by atoms with E-state index in [-0.39, 0.29) is 18.3 Å². The molecule has 0 bridgehead atoms. The van der Waals surface area contributed by atoms with E-state index in [0.717, 1.165) is 16.7 Å². The van der Waals surface area contributed by atoms with Crippen molar-refractivity contribution in [2.75, 3.05) is 11.9 Å². The van der Waals surface area contributed by atoms with E-state index in [2.05, 4.69) is 20.1 Å². The van der Waals surface area contributed by atoms with E-state index in [1.54, 1.807) is 0 Å². The van der Waals surface area contributed by atoms with E-state index in [1.165, 1.54) is 4.52 Å². The zero-order valence-corrected chi connectivity index (χ0v) is 17.2. The Labute approximate surface area is 177 Å². The van der Waals surface area contributed by atoms with Crippen molar-refractivity contribution in [1.82, 2.24) is 14.6 Å². The van der Waals surface area contributed by atoms with Crippen LogP contribution in [0.2, 0.25) is 10.4 Å². The highest BCUT2D eigenvalue weighted by Crippen LogP contribution is 2.32. The SMILES string of the molecule is Cc1c(C[C@@H](N)CCOC(F)F)c(Cl)n2nc(Cl)nc(NCc3ccccc3)c12. The molecule has 10 heteroatoms. The topological polar surface area (TPSA) is 77.5 Å². The summed E-state index contributed by atoms with van der Waals surface area (Å²) < 4.78 is 30.1. The number of anilines is 1. The van der Waals surface area contributed by atoms with Gasteiger partial charge in [0.25, 0.3) is 0 Å². The summed E-state index contributed by atoms with van der Waals surface area (Å²) in [5, 5.41) is 7.89. The second-order valence-corrected chi connectivity index (χ2v) is 7.30. The first-order chi connectivity index (χ1) is 13.9. The highest BCUT2D eigenvalue weighted by atomic mass is 35.5. The Kier molecular flexibility index (Phi) is 7.23. The van der Waals surface area contributed by atoms with Crippen molar-refractivity contribution < 1.29 is 13.5 Å². The van der Waals surface area contributed by atoms with Crippen LogP contribution >= 0.6 is 23.2 Å². The molecule has 0 fully saturated rings. The molecular formula is C19H21Cl2F2N5O. The molecule has 3 aromatic rings. The van der Waals surface area contributed by atoms with Crippen LogP contribution in [0.4, 0.5) is 14.6 Å². The Morgan fingerprint density at radius 2 is 1.97 bits per heavy atom. The number of aromatic nitrogens is 3. The zero-order chi connectivity index (χ0) is 21.0. The Bertz CT molecular complexity index is 968. The van der Waals surface area contributed by atoms with Crippen molar-refractivity contribution in [2.45, 2.75) is 39.0 Å². The summed E-state index contributed by atoms with van der Waals surface area (Å²) >= 11 is 12.6. The third kappa shape index (κ3) is 5.33. The summed E-state index contributed by atoms with van der Waals surface area (Å²) in [5.74, 6) is 0.550. The minimum Gasteiger partial charge on any atom is -0.364 e. The maximum absolute atomic E-state index is 12.1. The van der Waals surface area contributed by atoms with Gasteiger partial charge in [-0.2, -0.15) is 13.8 Å². The molecule has 0 amide bonds. The lowest BCUT2D eigenvalue weighted by atomic mass is 10.0. The number of fused-ring (bicyclic) bond motifs is 1. The standard InChI is InChI=1S/C19H21Cl2F2N5O/c1-11-14(9-13(24)7-8-29-19(22)23)16(20)28-15(11)17(26-18(21)27-28)25-10-12-5-3-2-4-6-12/h2-6,13,19H,7-10,24H2,1H3,(H,25,26,27)/t13-/m0/s1. The number of halogens is 4. The fourth-order valence-corrected chi connectivity index (χ4v) is 3.62. The molecule has 0 radical (unpaired) electrons. The lowest BCUT2D eigenvalue weighted by Gasteiger charge is -2.12. The Balaban J connectivity index is 1.85. The number of nitrogens with zero attached hydrogens (tertiary/aromatic N) is 3. The average Bonchev–Trinajstić information content (AvgIpc) is 2.91. The summed E-state index contributed by atoms with van der Waals surface area (Å²) in [6, 6.07) is 9.45. The molecule has 3 rings (SSSR count). The fourth-order valence-electron chi connectivity index (χ4n) is 3.12. The molecule has 1 aromatic carbocycles. The van der Waals surface area contributed by atoms with Gasteiger partial charge in [0.05, 0.1) is 6.61 Å². The van der Waals surface area contributed by atoms with Gasteiger partial charge in [0.1, 0.15) is 10.7 Å². The Morgan fingerprint density at radius 3 is 2.66 bits per heavy atom. The van der Waals surface area contributed by atoms with Gasteiger partial charge in [-0.1, -0.05) is 41.9 Å². The Morgan fingerprint density at radius 1 is 1.24 bits per heavy atom. The predicted octanol–water partition coefficient (Wildman–Crippen LogP) is 4.46. The Hall–Kier alpha value is -2.00. The van der Waals surface area contributed by atoms with Crippen LogP contribution in [0.15, 0.2) is 30.3 Å². The molecule has 2 heterocycles. The van der Waals surface area contributed by atoms with Crippen molar-refractivity contribution in [3.05, 3.63) is 57.5 Å². The number of hydrogen-bond donors (Lipinski definition) is 2. The lowest BCUT2D eigenvalue weighted by molar-refractivity contribution is -0.129. The molecule has 0 aliphatic carbocycles. The van der Waals surface area contributed by atoms with Crippen molar-refractivity contribution in [1.29, 1.82) is 0 Å². The van der Waals surface area contributed by atoms with E-state index < -0.39 is 12.7 Å². The molecule has 0 unspecified atom stereocenters. The molecule has 29 heavy (non-hydrogen) atoms. The van der Waals surface area contributed by atoms with Crippen molar-refractivity contribution in [3.63, 3.8) is 0 Å². The third-order valence-corrected chi connectivity index (χ3v) is 5.12. The van der Waals surface area contributed by atoms with Gasteiger partial charge >= 0.3 is 6.61 Å². The summed E-state index contributed by atoms with van der Waals surface area (Å²) in [4.78, 5) is 4.31. The molecule has 1 atom stereocenters. The van der Waals surface area contributed by atoms with Crippen LogP contribution in [-0.2, 0) is 17.7 Å². The molecular weight excluding hydrogens is 423 g/mol. The number of ether oxygens (including phenoxy) is 1. The van der Waals surface area contributed by atoms with Crippen LogP contribution in [0.5, 0.6) is 0 Å². The van der Waals surface area contributed by atoms with E-state index >= 15 is 0 Å². The number of alkyl halides is 2. The van der Waals surface area contributed by atoms with Gasteiger partial charge in [-0.15, -0.1) is 5.10 Å². The number of rotatable bonds is 9. The van der Waals surface area contributed by atoms with Gasteiger partial charge in [0.15, 0.2) is 5.82 Å². The number of benzene rings is 1. The molecule has 6 nitrogen and oxygen atoms in total. The second kappa shape index (κ2) is 9.67. The largest absolute Gasteiger partial charge is 0.364 e. The first kappa shape index (κ1) is 21.7. The monoisotopic (exact) mass is 443 g/mol. The minimum atomic E-state index is -2.81. The molecule has 0 aliphatic heterocycles. The van der Waals surface area contributed by atoms with E-state index in [9.17, 15) is 8.78 Å². The quantitative estimate of drug-likeness (QED) is 0.510. The second-order valence-electron chi connectivity index (χ2n) is 6.61. The van der Waals surface area contributed by atoms with Gasteiger partial charge in [-0.25, -0.2) is 4.52 Å². The predicted molar refractivity (Wildman–Crippen MR) is 110 cm³/mol. The first-order valence-electron chi connectivity index (χ1n) is 9.03. The highest BCUT2D eigenvalue weighted by molar-refractivity contribution is 6.31. The molecule has 2 aromatic heterocycles. The maximum Gasteiger partial charge on any atom is 0.345 e. The number of nitrogens with two attached hydrogens (primary N) is 1. The van der Waals surface area contributed by atoms with Crippen LogP contribution < -0.4 is 11.1 Å². The van der Waals surface area contributed by atoms with Gasteiger partial charge < -0.3 is 15.8 Å².